The van der Waals surface area contributed by atoms with Crippen molar-refractivity contribution in [2.75, 3.05) is 13.4 Å². The van der Waals surface area contributed by atoms with Gasteiger partial charge in [-0.05, 0) is 43.2 Å². The molecule has 1 heterocycles. The molecule has 5 heteroatoms. The first-order chi connectivity index (χ1) is 10.8. The van der Waals surface area contributed by atoms with Crippen molar-refractivity contribution < 1.29 is 19.4 Å². The molecule has 2 rings (SSSR count). The molecule has 2 aromatic rings. The van der Waals surface area contributed by atoms with E-state index in [0.717, 1.165) is 0 Å². The van der Waals surface area contributed by atoms with Crippen LogP contribution in [0.15, 0.2) is 36.5 Å². The molecule has 0 bridgehead atoms. The number of aliphatic hydroxyl groups excluding tert-OH is 1. The number of hydrogen-bond acceptors (Lipinski definition) is 5. The van der Waals surface area contributed by atoms with E-state index < -0.39 is 6.79 Å². The van der Waals surface area contributed by atoms with E-state index in [1.807, 2.05) is 6.92 Å². The van der Waals surface area contributed by atoms with Crippen LogP contribution in [0.4, 0.5) is 0 Å². The van der Waals surface area contributed by atoms with Crippen LogP contribution in [0.5, 0.6) is 11.5 Å². The third-order valence-electron chi connectivity index (χ3n) is 2.74. The summed E-state index contributed by atoms with van der Waals surface area (Å²) in [4.78, 5) is 15.0. The van der Waals surface area contributed by atoms with Crippen LogP contribution in [0.2, 0.25) is 0 Å². The zero-order valence-corrected chi connectivity index (χ0v) is 12.1. The molecule has 5 nitrogen and oxygen atoms in total. The van der Waals surface area contributed by atoms with Crippen LogP contribution < -0.4 is 9.47 Å². The number of rotatable bonds is 5. The van der Waals surface area contributed by atoms with Crippen LogP contribution in [0.25, 0.3) is 0 Å². The van der Waals surface area contributed by atoms with E-state index in [4.69, 9.17) is 14.6 Å². The number of ether oxygens (including phenoxy) is 2. The molecular weight excluding hydrogens is 282 g/mol. The van der Waals surface area contributed by atoms with E-state index >= 15 is 0 Å². The summed E-state index contributed by atoms with van der Waals surface area (Å²) in [6.07, 6.45) is 2.28. The van der Waals surface area contributed by atoms with Gasteiger partial charge in [-0.3, -0.25) is 4.79 Å². The van der Waals surface area contributed by atoms with E-state index in [1.165, 1.54) is 0 Å². The second-order valence-electron chi connectivity index (χ2n) is 4.21. The topological polar surface area (TPSA) is 68.7 Å². The monoisotopic (exact) mass is 297 g/mol. The quantitative estimate of drug-likeness (QED) is 0.519. The minimum Gasteiger partial charge on any atom is -0.492 e. The van der Waals surface area contributed by atoms with Crippen molar-refractivity contribution in [3.63, 3.8) is 0 Å². The van der Waals surface area contributed by atoms with Gasteiger partial charge in [0.2, 0.25) is 0 Å². The minimum absolute atomic E-state index is 0.295. The van der Waals surface area contributed by atoms with Gasteiger partial charge < -0.3 is 14.6 Å². The average Bonchev–Trinajstić information content (AvgIpc) is 2.55. The van der Waals surface area contributed by atoms with Crippen LogP contribution in [-0.2, 0) is 0 Å². The first kappa shape index (κ1) is 15.5. The molecule has 1 N–H and O–H groups in total. The number of pyridine rings is 1. The minimum atomic E-state index is -0.502. The molecule has 0 atom stereocenters. The molecule has 0 amide bonds. The molecule has 0 aliphatic rings. The van der Waals surface area contributed by atoms with E-state index in [2.05, 4.69) is 16.8 Å². The normalized spacial score (nSPS) is 9.55. The summed E-state index contributed by atoms with van der Waals surface area (Å²) in [5, 5.41) is 8.81. The van der Waals surface area contributed by atoms with E-state index in [0.29, 0.717) is 41.2 Å². The maximum atomic E-state index is 10.9. The standard InChI is InChI=1S/C17H15NO4/c1-2-21-16-8-7-15(18-10-16)6-4-13-3-5-14(11-19)17(9-13)22-12-20/h3,5,7-11,20H,2,12H2,1H3. The van der Waals surface area contributed by atoms with Gasteiger partial charge in [-0.25, -0.2) is 4.98 Å². The molecule has 0 radical (unpaired) electrons. The molecule has 0 saturated carbocycles. The predicted octanol–water partition coefficient (Wildman–Crippen LogP) is 2.02. The lowest BCUT2D eigenvalue weighted by molar-refractivity contribution is 0.0959. The average molecular weight is 297 g/mol. The molecule has 112 valence electrons. The first-order valence-corrected chi connectivity index (χ1v) is 6.70. The number of aldehydes is 1. The van der Waals surface area contributed by atoms with Crippen LogP contribution in [0, 0.1) is 11.8 Å². The maximum absolute atomic E-state index is 10.9. The Kier molecular flexibility index (Phi) is 5.52. The smallest absolute Gasteiger partial charge is 0.186 e. The van der Waals surface area contributed by atoms with Gasteiger partial charge >= 0.3 is 0 Å². The highest BCUT2D eigenvalue weighted by atomic mass is 16.6. The Morgan fingerprint density at radius 3 is 2.73 bits per heavy atom. The molecule has 0 unspecified atom stereocenters. The fourth-order valence-electron chi connectivity index (χ4n) is 1.75. The Bertz CT molecular complexity index is 699. The fourth-order valence-corrected chi connectivity index (χ4v) is 1.75. The lowest BCUT2D eigenvalue weighted by Gasteiger charge is -2.05. The number of nitrogens with zero attached hydrogens (tertiary/aromatic N) is 1. The Labute approximate surface area is 128 Å². The van der Waals surface area contributed by atoms with Gasteiger partial charge in [0.25, 0.3) is 0 Å². The van der Waals surface area contributed by atoms with Gasteiger partial charge in [0.05, 0.1) is 18.4 Å². The number of benzene rings is 1. The van der Waals surface area contributed by atoms with Gasteiger partial charge in [0, 0.05) is 5.56 Å². The molecule has 0 aliphatic carbocycles. The van der Waals surface area contributed by atoms with Crippen LogP contribution in [0.1, 0.15) is 28.5 Å². The molecule has 0 aliphatic heterocycles. The highest BCUT2D eigenvalue weighted by Crippen LogP contribution is 2.18. The second kappa shape index (κ2) is 7.81. The van der Waals surface area contributed by atoms with Gasteiger partial charge in [0.1, 0.15) is 17.2 Å². The number of hydrogen-bond donors (Lipinski definition) is 1. The van der Waals surface area contributed by atoms with Crippen molar-refractivity contribution in [2.24, 2.45) is 0 Å². The molecule has 0 saturated heterocycles. The van der Waals surface area contributed by atoms with Gasteiger partial charge in [-0.15, -0.1) is 0 Å². The van der Waals surface area contributed by atoms with Crippen molar-refractivity contribution in [1.82, 2.24) is 4.98 Å². The van der Waals surface area contributed by atoms with Crippen LogP contribution >= 0.6 is 0 Å². The van der Waals surface area contributed by atoms with Crippen LogP contribution in [-0.4, -0.2) is 29.8 Å². The zero-order valence-electron chi connectivity index (χ0n) is 12.1. The molecule has 0 spiro atoms. The fraction of sp³-hybridized carbons (Fsp3) is 0.176. The molecule has 22 heavy (non-hydrogen) atoms. The lowest BCUT2D eigenvalue weighted by Crippen LogP contribution is -1.98. The van der Waals surface area contributed by atoms with Gasteiger partial charge in [-0.2, -0.15) is 0 Å². The van der Waals surface area contributed by atoms with Crippen molar-refractivity contribution in [1.29, 1.82) is 0 Å². The van der Waals surface area contributed by atoms with Crippen molar-refractivity contribution in [2.45, 2.75) is 6.92 Å². The highest BCUT2D eigenvalue weighted by molar-refractivity contribution is 5.79. The Morgan fingerprint density at radius 2 is 2.09 bits per heavy atom. The van der Waals surface area contributed by atoms with E-state index in [9.17, 15) is 4.79 Å². The van der Waals surface area contributed by atoms with Crippen molar-refractivity contribution >= 4 is 6.29 Å². The summed E-state index contributed by atoms with van der Waals surface area (Å²) in [6, 6.07) is 8.46. The van der Waals surface area contributed by atoms with Crippen LogP contribution in [0.3, 0.4) is 0 Å². The first-order valence-electron chi connectivity index (χ1n) is 6.70. The SMILES string of the molecule is CCOc1ccc(C#Cc2ccc(C=O)c(OCO)c2)nc1. The lowest BCUT2D eigenvalue weighted by atomic mass is 10.1. The summed E-state index contributed by atoms with van der Waals surface area (Å²) in [5.41, 5.74) is 1.62. The van der Waals surface area contributed by atoms with Gasteiger partial charge in [0.15, 0.2) is 13.1 Å². The van der Waals surface area contributed by atoms with Crippen molar-refractivity contribution in [3.05, 3.63) is 53.3 Å². The summed E-state index contributed by atoms with van der Waals surface area (Å²) >= 11 is 0. The number of carbonyl (C=O) groups excluding carboxylic acids is 1. The summed E-state index contributed by atoms with van der Waals surface area (Å²) < 4.78 is 10.3. The molecule has 1 aromatic carbocycles. The predicted molar refractivity (Wildman–Crippen MR) is 80.9 cm³/mol. The molecule has 0 fully saturated rings. The number of aliphatic hydroxyl groups is 1. The summed E-state index contributed by atoms with van der Waals surface area (Å²) in [6.45, 7) is 1.99. The van der Waals surface area contributed by atoms with E-state index in [-0.39, 0.29) is 0 Å². The third-order valence-corrected chi connectivity index (χ3v) is 2.74. The third kappa shape index (κ3) is 4.08. The Hall–Kier alpha value is -2.84. The zero-order chi connectivity index (χ0) is 15.8. The number of aromatic nitrogens is 1. The molecule has 1 aromatic heterocycles. The van der Waals surface area contributed by atoms with Crippen molar-refractivity contribution in [3.8, 4) is 23.3 Å². The summed E-state index contributed by atoms with van der Waals surface area (Å²) in [7, 11) is 0. The Balaban J connectivity index is 2.20. The Morgan fingerprint density at radius 1 is 1.23 bits per heavy atom. The molecular formula is C17H15NO4. The maximum Gasteiger partial charge on any atom is 0.186 e. The van der Waals surface area contributed by atoms with E-state index in [1.54, 1.807) is 36.5 Å². The number of carbonyl (C=O) groups is 1. The van der Waals surface area contributed by atoms with Gasteiger partial charge in [-0.1, -0.05) is 5.92 Å². The highest BCUT2D eigenvalue weighted by Gasteiger charge is 2.03. The largest absolute Gasteiger partial charge is 0.492 e. The summed E-state index contributed by atoms with van der Waals surface area (Å²) in [5.74, 6) is 6.84. The second-order valence-corrected chi connectivity index (χ2v) is 4.21.